The molecule has 0 bridgehead atoms. The predicted octanol–water partition coefficient (Wildman–Crippen LogP) is 4.35. The minimum absolute atomic E-state index is 0.0952. The number of rotatable bonds is 6. The van der Waals surface area contributed by atoms with Crippen molar-refractivity contribution in [1.29, 1.82) is 0 Å². The van der Waals surface area contributed by atoms with E-state index in [4.69, 9.17) is 9.47 Å². The Labute approximate surface area is 170 Å². The Morgan fingerprint density at radius 2 is 1.76 bits per heavy atom. The van der Waals surface area contributed by atoms with E-state index < -0.39 is 23.4 Å². The molecular formula is C22H27FN2O4. The molecule has 6 nitrogen and oxygen atoms in total. The molecule has 0 aromatic heterocycles. The van der Waals surface area contributed by atoms with Crippen LogP contribution in [0.5, 0.6) is 5.75 Å². The van der Waals surface area contributed by atoms with Crippen LogP contribution >= 0.6 is 0 Å². The molecule has 156 valence electrons. The van der Waals surface area contributed by atoms with E-state index >= 15 is 0 Å². The van der Waals surface area contributed by atoms with Gasteiger partial charge in [0, 0.05) is 17.7 Å². The van der Waals surface area contributed by atoms with Crippen LogP contribution < -0.4 is 15.4 Å². The molecule has 0 heterocycles. The van der Waals surface area contributed by atoms with E-state index in [0.717, 1.165) is 5.56 Å². The maximum absolute atomic E-state index is 14.4. The molecule has 0 spiro atoms. The smallest absolute Gasteiger partial charge is 0.407 e. The summed E-state index contributed by atoms with van der Waals surface area (Å²) in [7, 11) is 1.58. The molecular weight excluding hydrogens is 375 g/mol. The Balaban J connectivity index is 2.11. The second-order valence-electron chi connectivity index (χ2n) is 7.59. The number of benzene rings is 2. The van der Waals surface area contributed by atoms with Crippen molar-refractivity contribution in [3.63, 3.8) is 0 Å². The van der Waals surface area contributed by atoms with Crippen LogP contribution in [0, 0.1) is 5.82 Å². The highest BCUT2D eigenvalue weighted by Crippen LogP contribution is 2.19. The highest BCUT2D eigenvalue weighted by molar-refractivity contribution is 5.96. The Kier molecular flexibility index (Phi) is 7.20. The highest BCUT2D eigenvalue weighted by Gasteiger charge is 2.20. The number of hydrogen-bond donors (Lipinski definition) is 2. The number of carbonyl (C=O) groups excluding carboxylic acids is 2. The van der Waals surface area contributed by atoms with Gasteiger partial charge >= 0.3 is 6.09 Å². The fourth-order valence-corrected chi connectivity index (χ4v) is 2.68. The molecule has 2 aromatic rings. The van der Waals surface area contributed by atoms with Gasteiger partial charge in [0.25, 0.3) is 5.91 Å². The fourth-order valence-electron chi connectivity index (χ4n) is 2.68. The van der Waals surface area contributed by atoms with Gasteiger partial charge in [-0.15, -0.1) is 0 Å². The second kappa shape index (κ2) is 9.41. The summed E-state index contributed by atoms with van der Waals surface area (Å²) in [6, 6.07) is 11.2. The van der Waals surface area contributed by atoms with Gasteiger partial charge in [-0.05, 0) is 57.5 Å². The standard InChI is InChI=1S/C22H27FN2O4/c1-14(15-9-11-16(28-5)12-10-15)25-20(26)17-7-6-8-19(23)18(17)13-24-21(27)29-22(2,3)4/h6-12,14H,13H2,1-5H3,(H,24,27)(H,25,26)/t14-/m1/s1. The van der Waals surface area contributed by atoms with Crippen molar-refractivity contribution in [3.8, 4) is 5.75 Å². The third-order valence-electron chi connectivity index (χ3n) is 4.14. The van der Waals surface area contributed by atoms with Gasteiger partial charge < -0.3 is 20.1 Å². The van der Waals surface area contributed by atoms with E-state index in [-0.39, 0.29) is 23.7 Å². The number of ether oxygens (including phenoxy) is 2. The molecule has 2 aromatic carbocycles. The zero-order valence-corrected chi connectivity index (χ0v) is 17.3. The van der Waals surface area contributed by atoms with Crippen molar-refractivity contribution in [3.05, 3.63) is 65.0 Å². The quantitative estimate of drug-likeness (QED) is 0.753. The van der Waals surface area contributed by atoms with Crippen LogP contribution in [0.1, 0.15) is 55.2 Å². The van der Waals surface area contributed by atoms with Gasteiger partial charge in [-0.1, -0.05) is 18.2 Å². The molecule has 0 aliphatic rings. The average molecular weight is 402 g/mol. The highest BCUT2D eigenvalue weighted by atomic mass is 19.1. The number of amides is 2. The number of carbonyl (C=O) groups is 2. The van der Waals surface area contributed by atoms with E-state index in [1.807, 2.05) is 19.1 Å². The molecule has 7 heteroatoms. The molecule has 29 heavy (non-hydrogen) atoms. The van der Waals surface area contributed by atoms with Gasteiger partial charge in [-0.2, -0.15) is 0 Å². The lowest BCUT2D eigenvalue weighted by Gasteiger charge is -2.20. The largest absolute Gasteiger partial charge is 0.497 e. The predicted molar refractivity (Wildman–Crippen MR) is 108 cm³/mol. The van der Waals surface area contributed by atoms with Crippen LogP contribution in [0.2, 0.25) is 0 Å². The van der Waals surface area contributed by atoms with Gasteiger partial charge in [-0.3, -0.25) is 4.79 Å². The lowest BCUT2D eigenvalue weighted by atomic mass is 10.0. The molecule has 0 aliphatic carbocycles. The molecule has 2 amide bonds. The summed E-state index contributed by atoms with van der Waals surface area (Å²) in [5, 5.41) is 5.35. The van der Waals surface area contributed by atoms with E-state index in [2.05, 4.69) is 10.6 Å². The minimum Gasteiger partial charge on any atom is -0.497 e. The number of halogens is 1. The normalized spacial score (nSPS) is 12.1. The molecule has 0 saturated carbocycles. The molecule has 0 unspecified atom stereocenters. The number of methoxy groups -OCH3 is 1. The first-order chi connectivity index (χ1) is 13.6. The molecule has 2 N–H and O–H groups in total. The maximum Gasteiger partial charge on any atom is 0.407 e. The van der Waals surface area contributed by atoms with Gasteiger partial charge in [-0.25, -0.2) is 9.18 Å². The first-order valence-electron chi connectivity index (χ1n) is 9.30. The van der Waals surface area contributed by atoms with Crippen molar-refractivity contribution in [1.82, 2.24) is 10.6 Å². The van der Waals surface area contributed by atoms with Crippen LogP contribution in [0.15, 0.2) is 42.5 Å². The molecule has 0 aliphatic heterocycles. The average Bonchev–Trinajstić information content (AvgIpc) is 2.65. The maximum atomic E-state index is 14.4. The Morgan fingerprint density at radius 1 is 1.10 bits per heavy atom. The van der Waals surface area contributed by atoms with E-state index in [1.54, 1.807) is 40.0 Å². The lowest BCUT2D eigenvalue weighted by Crippen LogP contribution is -2.33. The summed E-state index contributed by atoms with van der Waals surface area (Å²) < 4.78 is 24.6. The van der Waals surface area contributed by atoms with Gasteiger partial charge in [0.2, 0.25) is 0 Å². The summed E-state index contributed by atoms with van der Waals surface area (Å²) in [4.78, 5) is 24.6. The van der Waals surface area contributed by atoms with Crippen LogP contribution in [0.25, 0.3) is 0 Å². The Morgan fingerprint density at radius 3 is 2.34 bits per heavy atom. The van der Waals surface area contributed by atoms with Crippen LogP contribution in [-0.4, -0.2) is 24.7 Å². The third kappa shape index (κ3) is 6.48. The summed E-state index contributed by atoms with van der Waals surface area (Å²) in [5.41, 5.74) is 0.455. The monoisotopic (exact) mass is 402 g/mol. The molecule has 0 fully saturated rings. The van der Waals surface area contributed by atoms with Gasteiger partial charge in [0.15, 0.2) is 0 Å². The summed E-state index contributed by atoms with van der Waals surface area (Å²) in [6.07, 6.45) is -0.682. The SMILES string of the molecule is COc1ccc([C@@H](C)NC(=O)c2cccc(F)c2CNC(=O)OC(C)(C)C)cc1. The first kappa shape index (κ1) is 22.2. The number of alkyl carbamates (subject to hydrolysis) is 1. The topological polar surface area (TPSA) is 76.7 Å². The summed E-state index contributed by atoms with van der Waals surface area (Å²) >= 11 is 0. The van der Waals surface area contributed by atoms with Crippen molar-refractivity contribution in [2.24, 2.45) is 0 Å². The minimum atomic E-state index is -0.682. The van der Waals surface area contributed by atoms with Crippen molar-refractivity contribution in [2.45, 2.75) is 45.9 Å². The molecule has 1 atom stereocenters. The first-order valence-corrected chi connectivity index (χ1v) is 9.30. The summed E-state index contributed by atoms with van der Waals surface area (Å²) in [6.45, 7) is 6.86. The van der Waals surface area contributed by atoms with Crippen molar-refractivity contribution in [2.75, 3.05) is 7.11 Å². The zero-order chi connectivity index (χ0) is 21.6. The fraction of sp³-hybridized carbons (Fsp3) is 0.364. The zero-order valence-electron chi connectivity index (χ0n) is 17.3. The van der Waals surface area contributed by atoms with Crippen LogP contribution in [-0.2, 0) is 11.3 Å². The van der Waals surface area contributed by atoms with E-state index in [0.29, 0.717) is 5.75 Å². The lowest BCUT2D eigenvalue weighted by molar-refractivity contribution is 0.0522. The van der Waals surface area contributed by atoms with Gasteiger partial charge in [0.1, 0.15) is 17.2 Å². The molecule has 0 saturated heterocycles. The van der Waals surface area contributed by atoms with Gasteiger partial charge in [0.05, 0.1) is 13.2 Å². The van der Waals surface area contributed by atoms with E-state index in [9.17, 15) is 14.0 Å². The second-order valence-corrected chi connectivity index (χ2v) is 7.59. The van der Waals surface area contributed by atoms with Crippen LogP contribution in [0.3, 0.4) is 0 Å². The number of hydrogen-bond acceptors (Lipinski definition) is 4. The Bertz CT molecular complexity index is 860. The van der Waals surface area contributed by atoms with E-state index in [1.165, 1.54) is 18.2 Å². The van der Waals surface area contributed by atoms with Crippen molar-refractivity contribution >= 4 is 12.0 Å². The molecule has 0 radical (unpaired) electrons. The van der Waals surface area contributed by atoms with Crippen molar-refractivity contribution < 1.29 is 23.5 Å². The van der Waals surface area contributed by atoms with Crippen LogP contribution in [0.4, 0.5) is 9.18 Å². The Hall–Kier alpha value is -3.09. The molecule has 2 rings (SSSR count). The third-order valence-corrected chi connectivity index (χ3v) is 4.14. The number of nitrogens with one attached hydrogen (secondary N) is 2. The summed E-state index contributed by atoms with van der Waals surface area (Å²) in [5.74, 6) is -0.299.